The third-order valence-corrected chi connectivity index (χ3v) is 7.17. The molecule has 0 aliphatic carbocycles. The molecule has 0 unspecified atom stereocenters. The number of carboxylic acid groups (broad SMARTS) is 1. The van der Waals surface area contributed by atoms with Crippen LogP contribution in [0.1, 0.15) is 78.6 Å². The maximum Gasteiger partial charge on any atom is 0.330 e. The van der Waals surface area contributed by atoms with Gasteiger partial charge in [0.1, 0.15) is 17.8 Å². The summed E-state index contributed by atoms with van der Waals surface area (Å²) in [7, 11) is 0. The maximum atomic E-state index is 12.1. The van der Waals surface area contributed by atoms with E-state index in [4.69, 9.17) is 19.3 Å². The lowest BCUT2D eigenvalue weighted by Gasteiger charge is -2.43. The summed E-state index contributed by atoms with van der Waals surface area (Å²) < 4.78 is 16.5. The Hall–Kier alpha value is -1.56. The minimum absolute atomic E-state index is 0.0865. The summed E-state index contributed by atoms with van der Waals surface area (Å²) >= 11 is 0. The highest BCUT2D eigenvalue weighted by molar-refractivity contribution is 5.82. The zero-order valence-corrected chi connectivity index (χ0v) is 21.7. The summed E-state index contributed by atoms with van der Waals surface area (Å²) in [6, 6.07) is 0. The lowest BCUT2D eigenvalue weighted by atomic mass is 9.82. The number of hydrogen-bond acceptors (Lipinski definition) is 9. The molecule has 0 aromatic carbocycles. The van der Waals surface area contributed by atoms with E-state index in [-0.39, 0.29) is 44.0 Å². The van der Waals surface area contributed by atoms with Gasteiger partial charge in [-0.2, -0.15) is 0 Å². The van der Waals surface area contributed by atoms with Gasteiger partial charge >= 0.3 is 11.9 Å². The van der Waals surface area contributed by atoms with Crippen molar-refractivity contribution in [1.82, 2.24) is 0 Å². The summed E-state index contributed by atoms with van der Waals surface area (Å²) in [4.78, 5) is 22.5. The van der Waals surface area contributed by atoms with Gasteiger partial charge in [-0.3, -0.25) is 4.79 Å². The van der Waals surface area contributed by atoms with Crippen molar-refractivity contribution in [1.29, 1.82) is 0 Å². The van der Waals surface area contributed by atoms with Crippen molar-refractivity contribution in [3.05, 3.63) is 11.6 Å². The Morgan fingerprint density at radius 1 is 1.08 bits per heavy atom. The molecule has 2 rings (SSSR count). The highest BCUT2D eigenvalue weighted by Crippen LogP contribution is 2.40. The van der Waals surface area contributed by atoms with Gasteiger partial charge in [0.05, 0.1) is 37.6 Å². The number of hydrogen-bond donors (Lipinski definition) is 5. The number of carbonyl (C=O) groups excluding carboxylic acids is 1. The van der Waals surface area contributed by atoms with E-state index in [1.54, 1.807) is 13.8 Å². The SMILES string of the molecule is C/C(=C/C(=O)OCCCCCCCCC(=O)O)C[C@@H]1OC[C@](O)(C[C@@H]2O[C@@H]2[C@@H](C)[C@H](C)O)[C@@H](O)[C@H]1O. The molecule has 10 nitrogen and oxygen atoms in total. The normalized spacial score (nSPS) is 32.1. The molecule has 36 heavy (non-hydrogen) atoms. The monoisotopic (exact) mass is 516 g/mol. The predicted octanol–water partition coefficient (Wildman–Crippen LogP) is 1.71. The van der Waals surface area contributed by atoms with Gasteiger partial charge in [-0.05, 0) is 33.1 Å². The minimum Gasteiger partial charge on any atom is -0.481 e. The second-order valence-corrected chi connectivity index (χ2v) is 10.5. The zero-order valence-electron chi connectivity index (χ0n) is 21.7. The molecule has 10 heteroatoms. The predicted molar refractivity (Wildman–Crippen MR) is 130 cm³/mol. The molecule has 0 spiro atoms. The summed E-state index contributed by atoms with van der Waals surface area (Å²) in [5, 5.41) is 50.4. The number of aliphatic carboxylic acids is 1. The first-order valence-corrected chi connectivity index (χ1v) is 13.0. The smallest absolute Gasteiger partial charge is 0.330 e. The average molecular weight is 517 g/mol. The van der Waals surface area contributed by atoms with Gasteiger partial charge in [-0.25, -0.2) is 4.79 Å². The van der Waals surface area contributed by atoms with Crippen LogP contribution in [0.25, 0.3) is 0 Å². The molecule has 2 saturated heterocycles. The van der Waals surface area contributed by atoms with Crippen LogP contribution < -0.4 is 0 Å². The number of carbonyl (C=O) groups is 2. The van der Waals surface area contributed by atoms with E-state index in [2.05, 4.69) is 0 Å². The van der Waals surface area contributed by atoms with Crippen molar-refractivity contribution >= 4 is 11.9 Å². The maximum absolute atomic E-state index is 12.1. The number of aliphatic hydroxyl groups excluding tert-OH is 3. The fourth-order valence-electron chi connectivity index (χ4n) is 4.60. The number of aliphatic hydroxyl groups is 4. The van der Waals surface area contributed by atoms with E-state index in [0.717, 1.165) is 32.1 Å². The molecule has 0 radical (unpaired) electrons. The minimum atomic E-state index is -1.67. The van der Waals surface area contributed by atoms with Crippen LogP contribution in [-0.2, 0) is 23.8 Å². The summed E-state index contributed by atoms with van der Waals surface area (Å²) in [6.45, 7) is 5.35. The topological polar surface area (TPSA) is 166 Å². The third kappa shape index (κ3) is 9.72. The Kier molecular flexibility index (Phi) is 12.3. The van der Waals surface area contributed by atoms with Gasteiger partial charge in [-0.1, -0.05) is 38.2 Å². The van der Waals surface area contributed by atoms with Crippen LogP contribution in [-0.4, -0.2) is 92.9 Å². The van der Waals surface area contributed by atoms with E-state index in [9.17, 15) is 30.0 Å². The summed E-state index contributed by atoms with van der Waals surface area (Å²) in [5.74, 6) is -1.37. The van der Waals surface area contributed by atoms with Gasteiger partial charge in [0.25, 0.3) is 0 Å². The van der Waals surface area contributed by atoms with E-state index in [0.29, 0.717) is 18.6 Å². The largest absolute Gasteiger partial charge is 0.481 e. The number of epoxide rings is 1. The van der Waals surface area contributed by atoms with Gasteiger partial charge in [0.2, 0.25) is 0 Å². The third-order valence-electron chi connectivity index (χ3n) is 7.17. The molecule has 5 N–H and O–H groups in total. The van der Waals surface area contributed by atoms with Gasteiger partial charge in [-0.15, -0.1) is 0 Å². The standard InChI is InChI=1S/C26H44O10/c1-16(13-22(30)34-11-9-7-5-4-6-8-10-21(28)29)12-19-23(31)25(32)26(33,15-35-19)14-20-24(36-20)17(2)18(3)27/h13,17-20,23-25,27,31-33H,4-12,14-15H2,1-3H3,(H,28,29)/b16-13-/t17-,18-,19-,20-,23-,24+,25-,26+/m0/s1. The molecule has 2 fully saturated rings. The van der Waals surface area contributed by atoms with E-state index in [1.165, 1.54) is 6.08 Å². The summed E-state index contributed by atoms with van der Waals surface area (Å²) in [5.41, 5.74) is -1.04. The Morgan fingerprint density at radius 3 is 2.36 bits per heavy atom. The van der Waals surface area contributed by atoms with Gasteiger partial charge in [0, 0.05) is 24.8 Å². The summed E-state index contributed by atoms with van der Waals surface area (Å²) in [6.07, 6.45) is 2.29. The van der Waals surface area contributed by atoms with Crippen LogP contribution >= 0.6 is 0 Å². The van der Waals surface area contributed by atoms with Gasteiger partial charge in [0.15, 0.2) is 0 Å². The van der Waals surface area contributed by atoms with Crippen LogP contribution in [0.3, 0.4) is 0 Å². The highest BCUT2D eigenvalue weighted by Gasteiger charge is 2.54. The first-order chi connectivity index (χ1) is 16.9. The second kappa shape index (κ2) is 14.4. The molecule has 208 valence electrons. The number of rotatable bonds is 16. The highest BCUT2D eigenvalue weighted by atomic mass is 16.6. The van der Waals surface area contributed by atoms with Crippen LogP contribution in [0.15, 0.2) is 11.6 Å². The van der Waals surface area contributed by atoms with Crippen molar-refractivity contribution in [2.45, 2.75) is 121 Å². The molecule has 0 aromatic rings. The van der Waals surface area contributed by atoms with E-state index >= 15 is 0 Å². The molecule has 0 aromatic heterocycles. The Bertz CT molecular complexity index is 738. The van der Waals surface area contributed by atoms with Crippen molar-refractivity contribution in [3.63, 3.8) is 0 Å². The number of ether oxygens (including phenoxy) is 3. The average Bonchev–Trinajstić information content (AvgIpc) is 3.56. The van der Waals surface area contributed by atoms with E-state index < -0.39 is 42.0 Å². The van der Waals surface area contributed by atoms with Crippen molar-refractivity contribution in [2.75, 3.05) is 13.2 Å². The van der Waals surface area contributed by atoms with Gasteiger partial charge < -0.3 is 39.7 Å². The van der Waals surface area contributed by atoms with Crippen molar-refractivity contribution < 1.29 is 49.3 Å². The molecule has 2 heterocycles. The van der Waals surface area contributed by atoms with Crippen LogP contribution in [0.4, 0.5) is 0 Å². The Morgan fingerprint density at radius 2 is 1.72 bits per heavy atom. The number of carboxylic acids is 1. The van der Waals surface area contributed by atoms with Crippen LogP contribution in [0.5, 0.6) is 0 Å². The first-order valence-electron chi connectivity index (χ1n) is 13.0. The molecule has 2 aliphatic heterocycles. The van der Waals surface area contributed by atoms with Crippen molar-refractivity contribution in [2.24, 2.45) is 5.92 Å². The molecular formula is C26H44O10. The number of esters is 1. The fraction of sp³-hybridized carbons (Fsp3) is 0.846. The molecule has 0 saturated carbocycles. The number of unbranched alkanes of at least 4 members (excludes halogenated alkanes) is 5. The fourth-order valence-corrected chi connectivity index (χ4v) is 4.60. The second-order valence-electron chi connectivity index (χ2n) is 10.5. The molecule has 8 atom stereocenters. The van der Waals surface area contributed by atoms with Crippen molar-refractivity contribution in [3.8, 4) is 0 Å². The quantitative estimate of drug-likeness (QED) is 0.0882. The Labute approximate surface area is 213 Å². The lowest BCUT2D eigenvalue weighted by molar-refractivity contribution is -0.236. The molecule has 0 amide bonds. The molecule has 0 bridgehead atoms. The van der Waals surface area contributed by atoms with Crippen LogP contribution in [0, 0.1) is 5.92 Å². The van der Waals surface area contributed by atoms with Crippen LogP contribution in [0.2, 0.25) is 0 Å². The lowest BCUT2D eigenvalue weighted by Crippen LogP contribution is -2.61. The Balaban J connectivity index is 1.67. The van der Waals surface area contributed by atoms with E-state index in [1.807, 2.05) is 6.92 Å². The molecular weight excluding hydrogens is 472 g/mol. The molecule has 2 aliphatic rings. The zero-order chi connectivity index (χ0) is 26.9. The first kappa shape index (κ1) is 30.7.